The van der Waals surface area contributed by atoms with Crippen molar-refractivity contribution in [2.45, 2.75) is 39.7 Å². The molecule has 2 aliphatic heterocycles. The van der Waals surface area contributed by atoms with Gasteiger partial charge in [-0.3, -0.25) is 19.3 Å². The van der Waals surface area contributed by atoms with Gasteiger partial charge < -0.3 is 9.64 Å². The molecular weight excluding hydrogens is 388 g/mol. The molecule has 0 atom stereocenters. The predicted octanol–water partition coefficient (Wildman–Crippen LogP) is 4.31. The highest BCUT2D eigenvalue weighted by molar-refractivity contribution is 8.18. The topological polar surface area (TPSA) is 66.9 Å². The number of esters is 1. The van der Waals surface area contributed by atoms with Crippen LogP contribution in [0.15, 0.2) is 29.2 Å². The first-order chi connectivity index (χ1) is 13.7. The number of anilines is 1. The number of thioether (sulfide) groups is 1. The lowest BCUT2D eigenvalue weighted by Crippen LogP contribution is -2.45. The van der Waals surface area contributed by atoms with Crippen LogP contribution in [0.25, 0.3) is 11.6 Å². The standard InChI is InChI=1S/C22H26N2O4S/c1-6-9-24-17-8-7-15(10-16(17)14(2)12-22(24,3)4)11-18-20(26)23(21(27)29-18)13-19(25)28-5/h7-8,10-12H,6,9,13H2,1-5H3/b18-11-. The van der Waals surface area contributed by atoms with Crippen LogP contribution in [0.4, 0.5) is 10.5 Å². The van der Waals surface area contributed by atoms with E-state index in [0.29, 0.717) is 4.91 Å². The zero-order valence-electron chi connectivity index (χ0n) is 17.4. The van der Waals surface area contributed by atoms with E-state index in [0.717, 1.165) is 40.8 Å². The highest BCUT2D eigenvalue weighted by Gasteiger charge is 2.37. The van der Waals surface area contributed by atoms with Crippen molar-refractivity contribution in [1.82, 2.24) is 4.90 Å². The molecular formula is C22H26N2O4S. The van der Waals surface area contributed by atoms with E-state index < -0.39 is 17.1 Å². The summed E-state index contributed by atoms with van der Waals surface area (Å²) in [6.45, 7) is 9.26. The molecule has 154 valence electrons. The summed E-state index contributed by atoms with van der Waals surface area (Å²) in [6.07, 6.45) is 5.02. The number of hydrogen-bond donors (Lipinski definition) is 0. The molecule has 0 aromatic heterocycles. The van der Waals surface area contributed by atoms with Gasteiger partial charge in [-0.15, -0.1) is 0 Å². The number of methoxy groups -OCH3 is 1. The van der Waals surface area contributed by atoms with Crippen LogP contribution in [0.3, 0.4) is 0 Å². The number of carbonyl (C=O) groups is 3. The van der Waals surface area contributed by atoms with Crippen LogP contribution in [-0.4, -0.2) is 47.8 Å². The lowest BCUT2D eigenvalue weighted by molar-refractivity contribution is -0.143. The monoisotopic (exact) mass is 414 g/mol. The third-order valence-electron chi connectivity index (χ3n) is 5.14. The second kappa shape index (κ2) is 8.06. The van der Waals surface area contributed by atoms with Crippen molar-refractivity contribution in [3.8, 4) is 0 Å². The number of ether oxygens (including phenoxy) is 1. The van der Waals surface area contributed by atoms with E-state index in [4.69, 9.17) is 0 Å². The number of carbonyl (C=O) groups excluding carboxylic acids is 3. The van der Waals surface area contributed by atoms with Gasteiger partial charge in [-0.25, -0.2) is 0 Å². The molecule has 2 aliphatic rings. The number of fused-ring (bicyclic) bond motifs is 1. The summed E-state index contributed by atoms with van der Waals surface area (Å²) >= 11 is 0.841. The van der Waals surface area contributed by atoms with Gasteiger partial charge in [0.25, 0.3) is 11.1 Å². The number of imide groups is 1. The summed E-state index contributed by atoms with van der Waals surface area (Å²) in [5, 5.41) is -0.462. The minimum Gasteiger partial charge on any atom is -0.468 e. The third kappa shape index (κ3) is 4.10. The molecule has 29 heavy (non-hydrogen) atoms. The van der Waals surface area contributed by atoms with Crippen LogP contribution < -0.4 is 4.90 Å². The molecule has 0 N–H and O–H groups in total. The van der Waals surface area contributed by atoms with Gasteiger partial charge >= 0.3 is 5.97 Å². The summed E-state index contributed by atoms with van der Waals surface area (Å²) in [5.41, 5.74) is 4.27. The average molecular weight is 415 g/mol. The van der Waals surface area contributed by atoms with Crippen molar-refractivity contribution >= 4 is 46.2 Å². The Labute approximate surface area is 175 Å². The fourth-order valence-corrected chi connectivity index (χ4v) is 4.64. The molecule has 0 radical (unpaired) electrons. The van der Waals surface area contributed by atoms with E-state index >= 15 is 0 Å². The van der Waals surface area contributed by atoms with Crippen LogP contribution >= 0.6 is 11.8 Å². The number of rotatable bonds is 5. The average Bonchev–Trinajstić information content (AvgIpc) is 2.92. The molecule has 3 rings (SSSR count). The van der Waals surface area contributed by atoms with Gasteiger partial charge in [0.15, 0.2) is 0 Å². The van der Waals surface area contributed by atoms with E-state index in [1.165, 1.54) is 18.4 Å². The fourth-order valence-electron chi connectivity index (χ4n) is 3.80. The highest BCUT2D eigenvalue weighted by atomic mass is 32.2. The number of benzene rings is 1. The number of amides is 2. The first-order valence-corrected chi connectivity index (χ1v) is 10.4. The van der Waals surface area contributed by atoms with Gasteiger partial charge in [0.2, 0.25) is 0 Å². The Morgan fingerprint density at radius 1 is 1.28 bits per heavy atom. The largest absolute Gasteiger partial charge is 0.468 e. The molecule has 7 heteroatoms. The van der Waals surface area contributed by atoms with Crippen LogP contribution in [0.5, 0.6) is 0 Å². The molecule has 0 unspecified atom stereocenters. The summed E-state index contributed by atoms with van der Waals surface area (Å²) in [4.78, 5) is 39.7. The molecule has 6 nitrogen and oxygen atoms in total. The minimum atomic E-state index is -0.623. The Hall–Kier alpha value is -2.54. The highest BCUT2D eigenvalue weighted by Crippen LogP contribution is 2.40. The molecule has 2 heterocycles. The molecule has 1 saturated heterocycles. The van der Waals surface area contributed by atoms with E-state index in [1.54, 1.807) is 6.08 Å². The van der Waals surface area contributed by atoms with Crippen LogP contribution in [0, 0.1) is 0 Å². The Morgan fingerprint density at radius 2 is 2.00 bits per heavy atom. The van der Waals surface area contributed by atoms with Gasteiger partial charge in [-0.05, 0) is 68.3 Å². The molecule has 0 spiro atoms. The molecule has 0 saturated carbocycles. The van der Waals surface area contributed by atoms with Gasteiger partial charge in [0.1, 0.15) is 6.54 Å². The van der Waals surface area contributed by atoms with Crippen molar-refractivity contribution in [2.75, 3.05) is 25.1 Å². The van der Waals surface area contributed by atoms with Gasteiger partial charge in [-0.1, -0.05) is 19.1 Å². The van der Waals surface area contributed by atoms with Gasteiger partial charge in [0.05, 0.1) is 17.6 Å². The van der Waals surface area contributed by atoms with Gasteiger partial charge in [-0.2, -0.15) is 0 Å². The molecule has 1 aromatic carbocycles. The van der Waals surface area contributed by atoms with E-state index in [1.807, 2.05) is 12.1 Å². The summed E-state index contributed by atoms with van der Waals surface area (Å²) in [6, 6.07) is 6.09. The van der Waals surface area contributed by atoms with Crippen molar-refractivity contribution in [2.24, 2.45) is 0 Å². The molecule has 1 fully saturated rings. The molecule has 2 amide bonds. The first-order valence-electron chi connectivity index (χ1n) is 9.61. The maximum absolute atomic E-state index is 12.5. The SMILES string of the molecule is CCCN1c2ccc(/C=C3\SC(=O)N(CC(=O)OC)C3=O)cc2C(C)=CC1(C)C. The number of nitrogens with zero attached hydrogens (tertiary/aromatic N) is 2. The van der Waals surface area contributed by atoms with Crippen LogP contribution in [0.1, 0.15) is 45.2 Å². The van der Waals surface area contributed by atoms with Crippen molar-refractivity contribution < 1.29 is 19.1 Å². The Balaban J connectivity index is 1.93. The van der Waals surface area contributed by atoms with Crippen molar-refractivity contribution in [3.63, 3.8) is 0 Å². The third-order valence-corrected chi connectivity index (χ3v) is 6.04. The van der Waals surface area contributed by atoms with Crippen LogP contribution in [-0.2, 0) is 14.3 Å². The maximum Gasteiger partial charge on any atom is 0.325 e. The fraction of sp³-hybridized carbons (Fsp3) is 0.409. The summed E-state index contributed by atoms with van der Waals surface area (Å²) in [5.74, 6) is -1.09. The normalized spacial score (nSPS) is 19.5. The lowest BCUT2D eigenvalue weighted by Gasteiger charge is -2.43. The number of allylic oxidation sites excluding steroid dienone is 1. The second-order valence-electron chi connectivity index (χ2n) is 7.75. The molecule has 0 aliphatic carbocycles. The smallest absolute Gasteiger partial charge is 0.325 e. The van der Waals surface area contributed by atoms with E-state index in [-0.39, 0.29) is 12.1 Å². The van der Waals surface area contributed by atoms with Crippen molar-refractivity contribution in [1.29, 1.82) is 0 Å². The first kappa shape index (κ1) is 21.2. The Kier molecular flexibility index (Phi) is 5.89. The summed E-state index contributed by atoms with van der Waals surface area (Å²) in [7, 11) is 1.23. The maximum atomic E-state index is 12.5. The van der Waals surface area contributed by atoms with Gasteiger partial charge in [0, 0.05) is 17.8 Å². The second-order valence-corrected chi connectivity index (χ2v) is 8.75. The molecule has 1 aromatic rings. The van der Waals surface area contributed by atoms with Crippen molar-refractivity contribution in [3.05, 3.63) is 40.3 Å². The predicted molar refractivity (Wildman–Crippen MR) is 117 cm³/mol. The molecule has 0 bridgehead atoms. The van der Waals surface area contributed by atoms with E-state index in [9.17, 15) is 14.4 Å². The number of hydrogen-bond acceptors (Lipinski definition) is 6. The van der Waals surface area contributed by atoms with Crippen LogP contribution in [0.2, 0.25) is 0 Å². The minimum absolute atomic E-state index is 0.0643. The zero-order valence-corrected chi connectivity index (χ0v) is 18.3. The zero-order chi connectivity index (χ0) is 21.3. The van der Waals surface area contributed by atoms with E-state index in [2.05, 4.69) is 49.5 Å². The lowest BCUT2D eigenvalue weighted by atomic mass is 9.88. The Morgan fingerprint density at radius 3 is 2.66 bits per heavy atom. The quantitative estimate of drug-likeness (QED) is 0.528. The Bertz CT molecular complexity index is 933. The summed E-state index contributed by atoms with van der Waals surface area (Å²) < 4.78 is 4.56.